The van der Waals surface area contributed by atoms with Crippen molar-refractivity contribution in [1.82, 2.24) is 15.1 Å². The molecule has 0 radical (unpaired) electrons. The molecule has 2 aliphatic heterocycles. The van der Waals surface area contributed by atoms with Crippen molar-refractivity contribution in [1.29, 1.82) is 0 Å². The van der Waals surface area contributed by atoms with Crippen molar-refractivity contribution < 1.29 is 13.9 Å². The number of aryl methyl sites for hydroxylation is 1. The monoisotopic (exact) mass is 281 g/mol. The smallest absolute Gasteiger partial charge is 0.230 e. The van der Waals surface area contributed by atoms with Gasteiger partial charge in [0, 0.05) is 18.9 Å². The third-order valence-corrected chi connectivity index (χ3v) is 4.28. The number of hydrogen-bond acceptors (Lipinski definition) is 6. The summed E-state index contributed by atoms with van der Waals surface area (Å²) >= 11 is 0. The average molecular weight is 281 g/mol. The van der Waals surface area contributed by atoms with Crippen molar-refractivity contribution in [2.24, 2.45) is 5.92 Å². The van der Waals surface area contributed by atoms with Crippen molar-refractivity contribution >= 4 is 0 Å². The molecule has 112 valence electrons. The Morgan fingerprint density at radius 3 is 2.70 bits per heavy atom. The number of ether oxygens (including phenoxy) is 2. The first-order valence-corrected chi connectivity index (χ1v) is 7.51. The molecule has 0 aliphatic carbocycles. The summed E-state index contributed by atoms with van der Waals surface area (Å²) in [6.45, 7) is 8.24. The first kappa shape index (κ1) is 14.0. The first-order chi connectivity index (χ1) is 9.69. The van der Waals surface area contributed by atoms with Crippen LogP contribution in [0.2, 0.25) is 0 Å². The normalized spacial score (nSPS) is 27.0. The summed E-state index contributed by atoms with van der Waals surface area (Å²) in [5.41, 5.74) is 0. The van der Waals surface area contributed by atoms with Crippen LogP contribution in [0.15, 0.2) is 4.42 Å². The van der Waals surface area contributed by atoms with Gasteiger partial charge in [0.15, 0.2) is 5.79 Å². The van der Waals surface area contributed by atoms with E-state index in [0.717, 1.165) is 38.9 Å². The summed E-state index contributed by atoms with van der Waals surface area (Å²) in [7, 11) is 0. The minimum Gasteiger partial charge on any atom is -0.424 e. The van der Waals surface area contributed by atoms with Crippen LogP contribution in [0, 0.1) is 5.92 Å². The van der Waals surface area contributed by atoms with Gasteiger partial charge in [-0.2, -0.15) is 0 Å². The molecule has 2 fully saturated rings. The van der Waals surface area contributed by atoms with Gasteiger partial charge in [0.25, 0.3) is 0 Å². The Labute approximate surface area is 119 Å². The van der Waals surface area contributed by atoms with Crippen molar-refractivity contribution in [3.05, 3.63) is 11.8 Å². The van der Waals surface area contributed by atoms with Crippen LogP contribution in [0.5, 0.6) is 0 Å². The summed E-state index contributed by atoms with van der Waals surface area (Å²) in [4.78, 5) is 2.36. The molecule has 0 spiro atoms. The van der Waals surface area contributed by atoms with E-state index in [2.05, 4.69) is 22.0 Å². The quantitative estimate of drug-likeness (QED) is 0.835. The van der Waals surface area contributed by atoms with Gasteiger partial charge in [-0.25, -0.2) is 0 Å². The number of aromatic nitrogens is 2. The summed E-state index contributed by atoms with van der Waals surface area (Å²) < 4.78 is 17.2. The lowest BCUT2D eigenvalue weighted by Gasteiger charge is -2.39. The van der Waals surface area contributed by atoms with E-state index in [4.69, 9.17) is 13.9 Å². The molecule has 20 heavy (non-hydrogen) atoms. The Kier molecular flexibility index (Phi) is 4.05. The highest BCUT2D eigenvalue weighted by atomic mass is 16.7. The van der Waals surface area contributed by atoms with Gasteiger partial charge in [0.1, 0.15) is 0 Å². The molecular weight excluding hydrogens is 258 g/mol. The molecule has 3 heterocycles. The van der Waals surface area contributed by atoms with Crippen LogP contribution < -0.4 is 0 Å². The highest BCUT2D eigenvalue weighted by Gasteiger charge is 2.41. The molecule has 6 heteroatoms. The molecule has 6 nitrogen and oxygen atoms in total. The first-order valence-electron chi connectivity index (χ1n) is 7.51. The fraction of sp³-hybridized carbons (Fsp3) is 0.857. The van der Waals surface area contributed by atoms with Crippen LogP contribution in [0.4, 0.5) is 0 Å². The molecule has 1 aromatic heterocycles. The Bertz CT molecular complexity index is 443. The van der Waals surface area contributed by atoms with E-state index < -0.39 is 5.79 Å². The second-order valence-corrected chi connectivity index (χ2v) is 5.73. The van der Waals surface area contributed by atoms with Gasteiger partial charge >= 0.3 is 0 Å². The average Bonchev–Trinajstić information content (AvgIpc) is 3.09. The lowest BCUT2D eigenvalue weighted by molar-refractivity contribution is -0.192. The van der Waals surface area contributed by atoms with Crippen LogP contribution >= 0.6 is 0 Å². The maximum Gasteiger partial charge on any atom is 0.230 e. The molecule has 3 rings (SSSR count). The molecule has 0 aromatic carbocycles. The number of hydrogen-bond donors (Lipinski definition) is 0. The zero-order chi connectivity index (χ0) is 14.0. The highest BCUT2D eigenvalue weighted by Crippen LogP contribution is 2.34. The van der Waals surface area contributed by atoms with Crippen LogP contribution in [-0.4, -0.2) is 47.2 Å². The van der Waals surface area contributed by atoms with E-state index in [0.29, 0.717) is 30.9 Å². The molecule has 0 amide bonds. The fourth-order valence-electron chi connectivity index (χ4n) is 3.08. The van der Waals surface area contributed by atoms with Crippen LogP contribution in [0.1, 0.15) is 38.5 Å². The lowest BCUT2D eigenvalue weighted by Crippen LogP contribution is -2.46. The third-order valence-electron chi connectivity index (χ3n) is 4.28. The zero-order valence-electron chi connectivity index (χ0n) is 12.3. The van der Waals surface area contributed by atoms with Crippen molar-refractivity contribution in [2.75, 3.05) is 26.3 Å². The largest absolute Gasteiger partial charge is 0.424 e. The molecule has 2 saturated heterocycles. The predicted molar refractivity (Wildman–Crippen MR) is 72.0 cm³/mol. The van der Waals surface area contributed by atoms with Crippen LogP contribution in [-0.2, 0) is 22.4 Å². The molecule has 0 N–H and O–H groups in total. The topological polar surface area (TPSA) is 60.6 Å². The molecule has 0 saturated carbocycles. The summed E-state index contributed by atoms with van der Waals surface area (Å²) in [5.74, 6) is 1.42. The van der Waals surface area contributed by atoms with E-state index in [1.807, 2.05) is 6.92 Å². The molecule has 1 atom stereocenters. The summed E-state index contributed by atoms with van der Waals surface area (Å²) in [6.07, 6.45) is 3.09. The van der Waals surface area contributed by atoms with Gasteiger partial charge in [-0.15, -0.1) is 10.2 Å². The number of rotatable bonds is 4. The van der Waals surface area contributed by atoms with Crippen LogP contribution in [0.3, 0.4) is 0 Å². The predicted octanol–water partition coefficient (Wildman–Crippen LogP) is 1.61. The maximum absolute atomic E-state index is 5.80. The van der Waals surface area contributed by atoms with Crippen molar-refractivity contribution in [3.63, 3.8) is 0 Å². The number of likely N-dealkylation sites (tertiary alicyclic amines) is 1. The Hall–Kier alpha value is -0.980. The summed E-state index contributed by atoms with van der Waals surface area (Å²) in [6, 6.07) is 0. The van der Waals surface area contributed by atoms with E-state index in [-0.39, 0.29) is 0 Å². The van der Waals surface area contributed by atoms with Gasteiger partial charge in [0.2, 0.25) is 11.8 Å². The van der Waals surface area contributed by atoms with E-state index in [9.17, 15) is 0 Å². The molecule has 2 aliphatic rings. The molecule has 1 aromatic rings. The second-order valence-electron chi connectivity index (χ2n) is 5.73. The standard InChI is InChI=1S/C14H23N3O3/c1-3-12-15-16-13(20-12)10-17-6-4-5-11(9-17)14(2)18-7-8-19-14/h11H,3-10H2,1-2H3/t11-/m1/s1. The zero-order valence-corrected chi connectivity index (χ0v) is 12.3. The van der Waals surface area contributed by atoms with Crippen LogP contribution in [0.25, 0.3) is 0 Å². The third kappa shape index (κ3) is 2.87. The molecule has 0 bridgehead atoms. The van der Waals surface area contributed by atoms with Crippen molar-refractivity contribution in [3.8, 4) is 0 Å². The minimum absolute atomic E-state index is 0.410. The van der Waals surface area contributed by atoms with Gasteiger partial charge in [-0.05, 0) is 26.3 Å². The summed E-state index contributed by atoms with van der Waals surface area (Å²) in [5, 5.41) is 8.12. The van der Waals surface area contributed by atoms with E-state index in [1.165, 1.54) is 0 Å². The van der Waals surface area contributed by atoms with Gasteiger partial charge in [-0.3, -0.25) is 4.90 Å². The molecule has 0 unspecified atom stereocenters. The molecular formula is C14H23N3O3. The Balaban J connectivity index is 1.60. The maximum atomic E-state index is 5.80. The second kappa shape index (κ2) is 5.79. The van der Waals surface area contributed by atoms with E-state index >= 15 is 0 Å². The highest BCUT2D eigenvalue weighted by molar-refractivity contribution is 4.87. The number of piperidine rings is 1. The van der Waals surface area contributed by atoms with Gasteiger partial charge < -0.3 is 13.9 Å². The van der Waals surface area contributed by atoms with Crippen molar-refractivity contribution in [2.45, 2.75) is 45.4 Å². The SMILES string of the molecule is CCc1nnc(CN2CCC[C@@H](C3(C)OCCO3)C2)o1. The lowest BCUT2D eigenvalue weighted by atomic mass is 9.90. The van der Waals surface area contributed by atoms with Gasteiger partial charge in [-0.1, -0.05) is 6.92 Å². The Morgan fingerprint density at radius 1 is 1.25 bits per heavy atom. The minimum atomic E-state index is -0.415. The van der Waals surface area contributed by atoms with Gasteiger partial charge in [0.05, 0.1) is 19.8 Å². The van der Waals surface area contributed by atoms with E-state index in [1.54, 1.807) is 0 Å². The number of nitrogens with zero attached hydrogens (tertiary/aromatic N) is 3. The Morgan fingerprint density at radius 2 is 2.00 bits per heavy atom. The fourth-order valence-corrected chi connectivity index (χ4v) is 3.08.